The van der Waals surface area contributed by atoms with Crippen molar-refractivity contribution in [3.05, 3.63) is 41.3 Å². The van der Waals surface area contributed by atoms with Crippen LogP contribution in [0.4, 0.5) is 4.39 Å². The van der Waals surface area contributed by atoms with E-state index in [2.05, 4.69) is 25.8 Å². The fourth-order valence-electron chi connectivity index (χ4n) is 1.77. The topological polar surface area (TPSA) is 12.9 Å². The number of benzene rings is 1. The van der Waals surface area contributed by atoms with Gasteiger partial charge in [0.05, 0.1) is 0 Å². The van der Waals surface area contributed by atoms with Gasteiger partial charge in [0.2, 0.25) is 0 Å². The molecule has 0 saturated heterocycles. The van der Waals surface area contributed by atoms with Crippen LogP contribution in [0.15, 0.2) is 24.3 Å². The standard InChI is InChI=1S/C14H16FN/c1-9-8-12(14(2,3)4)16-13-10(9)6-5-7-11(13)15/h5-8H,1-4H3. The number of rotatable bonds is 0. The summed E-state index contributed by atoms with van der Waals surface area (Å²) < 4.78 is 13.7. The molecule has 0 radical (unpaired) electrons. The molecule has 1 aromatic carbocycles. The van der Waals surface area contributed by atoms with Crippen LogP contribution in [0.25, 0.3) is 10.9 Å². The van der Waals surface area contributed by atoms with Gasteiger partial charge >= 0.3 is 0 Å². The van der Waals surface area contributed by atoms with Gasteiger partial charge < -0.3 is 0 Å². The molecule has 0 amide bonds. The highest BCUT2D eigenvalue weighted by Crippen LogP contribution is 2.26. The summed E-state index contributed by atoms with van der Waals surface area (Å²) in [5.74, 6) is -0.244. The van der Waals surface area contributed by atoms with Crippen molar-refractivity contribution in [2.24, 2.45) is 0 Å². The molecule has 0 aliphatic carbocycles. The first-order chi connectivity index (χ1) is 7.39. The molecular weight excluding hydrogens is 201 g/mol. The molecule has 0 N–H and O–H groups in total. The van der Waals surface area contributed by atoms with Gasteiger partial charge in [-0.2, -0.15) is 0 Å². The first kappa shape index (κ1) is 11.1. The van der Waals surface area contributed by atoms with Crippen LogP contribution >= 0.6 is 0 Å². The van der Waals surface area contributed by atoms with E-state index in [1.807, 2.05) is 19.1 Å². The van der Waals surface area contributed by atoms with E-state index in [1.54, 1.807) is 6.07 Å². The molecule has 84 valence electrons. The van der Waals surface area contributed by atoms with Crippen molar-refractivity contribution in [3.8, 4) is 0 Å². The van der Waals surface area contributed by atoms with Crippen LogP contribution < -0.4 is 0 Å². The lowest BCUT2D eigenvalue weighted by Crippen LogP contribution is -2.14. The SMILES string of the molecule is Cc1cc(C(C)(C)C)nc2c(F)cccc12. The van der Waals surface area contributed by atoms with E-state index in [1.165, 1.54) is 6.07 Å². The first-order valence-corrected chi connectivity index (χ1v) is 5.46. The highest BCUT2D eigenvalue weighted by Gasteiger charge is 2.17. The molecule has 0 aliphatic rings. The summed E-state index contributed by atoms with van der Waals surface area (Å²) in [5, 5.41) is 0.896. The smallest absolute Gasteiger partial charge is 0.149 e. The molecule has 1 aromatic heterocycles. The van der Waals surface area contributed by atoms with Gasteiger partial charge in [-0.05, 0) is 24.6 Å². The third-order valence-electron chi connectivity index (χ3n) is 2.77. The molecule has 0 unspecified atom stereocenters. The van der Waals surface area contributed by atoms with E-state index >= 15 is 0 Å². The Balaban J connectivity index is 2.81. The minimum atomic E-state index is -0.244. The van der Waals surface area contributed by atoms with Crippen molar-refractivity contribution >= 4 is 10.9 Å². The quantitative estimate of drug-likeness (QED) is 0.650. The second-order valence-corrected chi connectivity index (χ2v) is 5.21. The lowest BCUT2D eigenvalue weighted by atomic mass is 9.90. The number of para-hydroxylation sites is 1. The number of nitrogens with zero attached hydrogens (tertiary/aromatic N) is 1. The zero-order valence-corrected chi connectivity index (χ0v) is 10.1. The number of hydrogen-bond donors (Lipinski definition) is 0. The van der Waals surface area contributed by atoms with Crippen LogP contribution in [-0.4, -0.2) is 4.98 Å². The van der Waals surface area contributed by atoms with Crippen LogP contribution in [0.5, 0.6) is 0 Å². The molecule has 0 aliphatic heterocycles. The van der Waals surface area contributed by atoms with Gasteiger partial charge in [-0.1, -0.05) is 32.9 Å². The minimum absolute atomic E-state index is 0.0543. The average molecular weight is 217 g/mol. The maximum Gasteiger partial charge on any atom is 0.149 e. The zero-order valence-electron chi connectivity index (χ0n) is 10.1. The molecule has 16 heavy (non-hydrogen) atoms. The molecule has 2 aromatic rings. The maximum absolute atomic E-state index is 13.7. The van der Waals surface area contributed by atoms with E-state index in [0.29, 0.717) is 5.52 Å². The molecular formula is C14H16FN. The molecule has 0 saturated carbocycles. The summed E-state index contributed by atoms with van der Waals surface area (Å²) in [7, 11) is 0. The number of aryl methyl sites for hydroxylation is 1. The van der Waals surface area contributed by atoms with Crippen molar-refractivity contribution < 1.29 is 4.39 Å². The fourth-order valence-corrected chi connectivity index (χ4v) is 1.77. The molecule has 0 bridgehead atoms. The van der Waals surface area contributed by atoms with Gasteiger partial charge in [0.25, 0.3) is 0 Å². The number of hydrogen-bond acceptors (Lipinski definition) is 1. The van der Waals surface area contributed by atoms with E-state index in [-0.39, 0.29) is 11.2 Å². The number of aromatic nitrogens is 1. The summed E-state index contributed by atoms with van der Waals surface area (Å²) >= 11 is 0. The number of halogens is 1. The second kappa shape index (κ2) is 3.55. The lowest BCUT2D eigenvalue weighted by Gasteiger charge is -2.19. The largest absolute Gasteiger partial charge is 0.249 e. The Hall–Kier alpha value is -1.44. The van der Waals surface area contributed by atoms with Gasteiger partial charge in [0.1, 0.15) is 11.3 Å². The van der Waals surface area contributed by atoms with Gasteiger partial charge in [0.15, 0.2) is 0 Å². The second-order valence-electron chi connectivity index (χ2n) is 5.21. The van der Waals surface area contributed by atoms with E-state index in [4.69, 9.17) is 0 Å². The van der Waals surface area contributed by atoms with Crippen molar-refractivity contribution in [3.63, 3.8) is 0 Å². The summed E-state index contributed by atoms with van der Waals surface area (Å²) in [5.41, 5.74) is 2.44. The Morgan fingerprint density at radius 1 is 1.19 bits per heavy atom. The average Bonchev–Trinajstić information content (AvgIpc) is 2.18. The van der Waals surface area contributed by atoms with Crippen molar-refractivity contribution in [1.82, 2.24) is 4.98 Å². The van der Waals surface area contributed by atoms with Crippen LogP contribution in [0.2, 0.25) is 0 Å². The van der Waals surface area contributed by atoms with E-state index in [9.17, 15) is 4.39 Å². The van der Waals surface area contributed by atoms with Crippen molar-refractivity contribution in [2.45, 2.75) is 33.1 Å². The Labute approximate surface area is 95.3 Å². The minimum Gasteiger partial charge on any atom is -0.249 e. The number of fused-ring (bicyclic) bond motifs is 1. The molecule has 2 heteroatoms. The van der Waals surface area contributed by atoms with Crippen LogP contribution in [0.1, 0.15) is 32.0 Å². The van der Waals surface area contributed by atoms with Crippen LogP contribution in [0.3, 0.4) is 0 Å². The first-order valence-electron chi connectivity index (χ1n) is 5.46. The normalized spacial score (nSPS) is 12.1. The summed E-state index contributed by atoms with van der Waals surface area (Å²) in [6.45, 7) is 8.25. The monoisotopic (exact) mass is 217 g/mol. The molecule has 1 heterocycles. The van der Waals surface area contributed by atoms with Crippen molar-refractivity contribution in [1.29, 1.82) is 0 Å². The highest BCUT2D eigenvalue weighted by molar-refractivity contribution is 5.82. The summed E-state index contributed by atoms with van der Waals surface area (Å²) in [4.78, 5) is 4.43. The Kier molecular flexibility index (Phi) is 2.45. The fraction of sp³-hybridized carbons (Fsp3) is 0.357. The Morgan fingerprint density at radius 3 is 2.50 bits per heavy atom. The van der Waals surface area contributed by atoms with Crippen molar-refractivity contribution in [2.75, 3.05) is 0 Å². The molecule has 0 spiro atoms. The van der Waals surface area contributed by atoms with Crippen LogP contribution in [0, 0.1) is 12.7 Å². The zero-order chi connectivity index (χ0) is 11.9. The number of pyridine rings is 1. The van der Waals surface area contributed by atoms with Gasteiger partial charge in [0, 0.05) is 16.5 Å². The highest BCUT2D eigenvalue weighted by atomic mass is 19.1. The van der Waals surface area contributed by atoms with Gasteiger partial charge in [-0.3, -0.25) is 0 Å². The van der Waals surface area contributed by atoms with Gasteiger partial charge in [-0.15, -0.1) is 0 Å². The van der Waals surface area contributed by atoms with Crippen LogP contribution in [-0.2, 0) is 5.41 Å². The third-order valence-corrected chi connectivity index (χ3v) is 2.77. The predicted octanol–water partition coefficient (Wildman–Crippen LogP) is 3.98. The molecule has 2 rings (SSSR count). The summed E-state index contributed by atoms with van der Waals surface area (Å²) in [6.07, 6.45) is 0. The third kappa shape index (κ3) is 1.80. The molecule has 1 nitrogen and oxygen atoms in total. The lowest BCUT2D eigenvalue weighted by molar-refractivity contribution is 0.568. The predicted molar refractivity (Wildman–Crippen MR) is 65.1 cm³/mol. The van der Waals surface area contributed by atoms with E-state index < -0.39 is 0 Å². The summed E-state index contributed by atoms with van der Waals surface area (Å²) in [6, 6.07) is 7.14. The molecule has 0 fully saturated rings. The maximum atomic E-state index is 13.7. The Bertz CT molecular complexity index is 538. The molecule has 0 atom stereocenters. The van der Waals surface area contributed by atoms with Gasteiger partial charge in [-0.25, -0.2) is 9.37 Å². The Morgan fingerprint density at radius 2 is 1.88 bits per heavy atom. The van der Waals surface area contributed by atoms with E-state index in [0.717, 1.165) is 16.6 Å².